The lowest BCUT2D eigenvalue weighted by Crippen LogP contribution is -2.64. The van der Waals surface area contributed by atoms with Gasteiger partial charge in [0.15, 0.2) is 18.3 Å². The molecule has 0 spiro atoms. The molecule has 0 bridgehead atoms. The first kappa shape index (κ1) is 42.2. The molecule has 2 rings (SSSR count). The van der Waals surface area contributed by atoms with E-state index in [1.54, 1.807) is 34.6 Å². The molecule has 1 aliphatic heterocycles. The Balaban J connectivity index is 2.44. The third kappa shape index (κ3) is 12.7. The molecule has 1 aromatic carbocycles. The lowest BCUT2D eigenvalue weighted by molar-refractivity contribution is -0.282. The van der Waals surface area contributed by atoms with Gasteiger partial charge in [0, 0.05) is 20.8 Å². The standard InChI is InChI=1S/C33H47N3O15/c1-15(2)23(36-32(44)51-33(7,8)9)29(42)34-16(3)28(41)35-21-12-11-20(14-37)13-22(21)49-31-27(48-19(6)40)25(47-18(5)39)24(46-17(4)38)26(50-31)30(43)45-10/h11-13,15-16,23-27,31,37H,14H2,1-10H3,(H,34,42)(H,35,41)(H,36,44)/t16?,23?,24-,25-,26-,27+,31+/m0/s1. The minimum absolute atomic E-state index is 0.0310. The number of aliphatic hydroxyl groups is 1. The molecule has 0 aliphatic carbocycles. The molecule has 2 unspecified atom stereocenters. The fraction of sp³-hybridized carbons (Fsp3) is 0.606. The van der Waals surface area contributed by atoms with Gasteiger partial charge in [-0.15, -0.1) is 0 Å². The van der Waals surface area contributed by atoms with Gasteiger partial charge in [-0.3, -0.25) is 24.0 Å². The summed E-state index contributed by atoms with van der Waals surface area (Å²) in [5.41, 5.74) is -0.555. The van der Waals surface area contributed by atoms with E-state index in [2.05, 4.69) is 16.0 Å². The Morgan fingerprint density at radius 2 is 1.41 bits per heavy atom. The summed E-state index contributed by atoms with van der Waals surface area (Å²) in [6.07, 6.45) is -9.27. The zero-order valence-electron chi connectivity index (χ0n) is 30.2. The number of hydrogen-bond acceptors (Lipinski definition) is 15. The van der Waals surface area contributed by atoms with Crippen molar-refractivity contribution in [1.82, 2.24) is 10.6 Å². The van der Waals surface area contributed by atoms with Crippen LogP contribution in [0.25, 0.3) is 0 Å². The van der Waals surface area contributed by atoms with E-state index in [4.69, 9.17) is 33.2 Å². The SMILES string of the molecule is COC(=O)[C@H]1O[C@@H](Oc2cc(CO)ccc2NC(=O)C(C)NC(=O)C(NC(=O)OC(C)(C)C)C(C)C)[C@H](OC(C)=O)[C@@H](OC(C)=O)[C@@H]1OC(C)=O. The first-order valence-corrected chi connectivity index (χ1v) is 15.9. The van der Waals surface area contributed by atoms with Crippen LogP contribution in [0, 0.1) is 5.92 Å². The number of ether oxygens (including phenoxy) is 7. The maximum atomic E-state index is 13.3. The molecule has 0 radical (unpaired) electrons. The molecule has 0 aromatic heterocycles. The van der Waals surface area contributed by atoms with E-state index in [1.807, 2.05) is 0 Å². The summed E-state index contributed by atoms with van der Waals surface area (Å²) in [5.74, 6) is -5.72. The van der Waals surface area contributed by atoms with Gasteiger partial charge in [0.2, 0.25) is 24.2 Å². The molecule has 51 heavy (non-hydrogen) atoms. The van der Waals surface area contributed by atoms with Crippen LogP contribution in [0.5, 0.6) is 5.75 Å². The van der Waals surface area contributed by atoms with Crippen LogP contribution in [0.3, 0.4) is 0 Å². The summed E-state index contributed by atoms with van der Waals surface area (Å²) >= 11 is 0. The van der Waals surface area contributed by atoms with Gasteiger partial charge in [-0.1, -0.05) is 19.9 Å². The molecule has 7 atom stereocenters. The minimum atomic E-state index is -1.76. The maximum Gasteiger partial charge on any atom is 0.408 e. The largest absolute Gasteiger partial charge is 0.467 e. The Bertz CT molecular complexity index is 1460. The predicted molar refractivity (Wildman–Crippen MR) is 175 cm³/mol. The van der Waals surface area contributed by atoms with Crippen LogP contribution in [0.1, 0.15) is 67.9 Å². The average Bonchev–Trinajstić information content (AvgIpc) is 3.00. The fourth-order valence-corrected chi connectivity index (χ4v) is 4.74. The van der Waals surface area contributed by atoms with E-state index in [9.17, 15) is 38.7 Å². The lowest BCUT2D eigenvalue weighted by Gasteiger charge is -2.43. The van der Waals surface area contributed by atoms with E-state index < -0.39 is 96.8 Å². The van der Waals surface area contributed by atoms with E-state index in [0.717, 1.165) is 27.9 Å². The third-order valence-electron chi connectivity index (χ3n) is 6.94. The van der Waals surface area contributed by atoms with Crippen molar-refractivity contribution in [2.75, 3.05) is 12.4 Å². The first-order chi connectivity index (χ1) is 23.7. The van der Waals surface area contributed by atoms with Crippen molar-refractivity contribution in [3.05, 3.63) is 23.8 Å². The number of methoxy groups -OCH3 is 1. The van der Waals surface area contributed by atoms with Crippen molar-refractivity contribution in [3.8, 4) is 5.75 Å². The van der Waals surface area contributed by atoms with Gasteiger partial charge in [-0.25, -0.2) is 9.59 Å². The summed E-state index contributed by atoms with van der Waals surface area (Å²) in [7, 11) is 1.03. The molecule has 1 heterocycles. The van der Waals surface area contributed by atoms with Gasteiger partial charge in [0.1, 0.15) is 23.4 Å². The second-order valence-electron chi connectivity index (χ2n) is 12.9. The Kier molecular flexibility index (Phi) is 15.2. The van der Waals surface area contributed by atoms with E-state index >= 15 is 0 Å². The second kappa shape index (κ2) is 18.3. The molecular weight excluding hydrogens is 678 g/mol. The van der Waals surface area contributed by atoms with Crippen molar-refractivity contribution in [2.24, 2.45) is 5.92 Å². The van der Waals surface area contributed by atoms with Crippen molar-refractivity contribution in [1.29, 1.82) is 0 Å². The van der Waals surface area contributed by atoms with E-state index in [-0.39, 0.29) is 22.9 Å². The van der Waals surface area contributed by atoms with Crippen LogP contribution >= 0.6 is 0 Å². The first-order valence-electron chi connectivity index (χ1n) is 15.9. The fourth-order valence-electron chi connectivity index (χ4n) is 4.74. The quantitative estimate of drug-likeness (QED) is 0.165. The van der Waals surface area contributed by atoms with Gasteiger partial charge < -0.3 is 54.2 Å². The summed E-state index contributed by atoms with van der Waals surface area (Å²) in [6.45, 7) is 12.4. The molecule has 18 nitrogen and oxygen atoms in total. The summed E-state index contributed by atoms with van der Waals surface area (Å²) in [6, 6.07) is 1.89. The normalized spacial score (nSPS) is 21.2. The number of esters is 4. The zero-order chi connectivity index (χ0) is 38.8. The second-order valence-corrected chi connectivity index (χ2v) is 12.9. The van der Waals surface area contributed by atoms with E-state index in [1.165, 1.54) is 25.1 Å². The van der Waals surface area contributed by atoms with Crippen LogP contribution < -0.4 is 20.7 Å². The zero-order valence-corrected chi connectivity index (χ0v) is 30.2. The Labute approximate surface area is 295 Å². The highest BCUT2D eigenvalue weighted by Gasteiger charge is 2.56. The molecule has 1 fully saturated rings. The summed E-state index contributed by atoms with van der Waals surface area (Å²) in [4.78, 5) is 88.0. The minimum Gasteiger partial charge on any atom is -0.467 e. The number of carbonyl (C=O) groups is 7. The number of nitrogens with one attached hydrogen (secondary N) is 3. The molecule has 1 aliphatic rings. The molecule has 284 valence electrons. The smallest absolute Gasteiger partial charge is 0.408 e. The Hall–Kier alpha value is -4.97. The van der Waals surface area contributed by atoms with Crippen molar-refractivity contribution in [3.63, 3.8) is 0 Å². The molecule has 4 N–H and O–H groups in total. The van der Waals surface area contributed by atoms with Crippen LogP contribution in [0.4, 0.5) is 10.5 Å². The topological polar surface area (TPSA) is 240 Å². The van der Waals surface area contributed by atoms with Gasteiger partial charge in [0.05, 0.1) is 19.4 Å². The third-order valence-corrected chi connectivity index (χ3v) is 6.94. The van der Waals surface area contributed by atoms with Crippen LogP contribution in [0.15, 0.2) is 18.2 Å². The number of amides is 3. The van der Waals surface area contributed by atoms with Gasteiger partial charge in [-0.2, -0.15) is 0 Å². The van der Waals surface area contributed by atoms with Gasteiger partial charge in [-0.05, 0) is 51.3 Å². The van der Waals surface area contributed by atoms with Gasteiger partial charge >= 0.3 is 30.0 Å². The highest BCUT2D eigenvalue weighted by Crippen LogP contribution is 2.34. The van der Waals surface area contributed by atoms with Crippen LogP contribution in [0.2, 0.25) is 0 Å². The highest BCUT2D eigenvalue weighted by atomic mass is 16.7. The molecule has 18 heteroatoms. The number of alkyl carbamates (subject to hydrolysis) is 1. The van der Waals surface area contributed by atoms with Gasteiger partial charge in [0.25, 0.3) is 0 Å². The Morgan fingerprint density at radius 1 is 0.843 bits per heavy atom. The number of rotatable bonds is 13. The van der Waals surface area contributed by atoms with Crippen molar-refractivity contribution >= 4 is 47.5 Å². The number of carbonyl (C=O) groups excluding carboxylic acids is 7. The average molecular weight is 726 g/mol. The molecule has 1 saturated heterocycles. The molecular formula is C33H47N3O15. The van der Waals surface area contributed by atoms with Crippen molar-refractivity contribution < 1.29 is 71.8 Å². The number of hydrogen-bond donors (Lipinski definition) is 4. The lowest BCUT2D eigenvalue weighted by atomic mass is 9.97. The van der Waals surface area contributed by atoms with Crippen LogP contribution in [-0.4, -0.2) is 102 Å². The number of aliphatic hydroxyl groups excluding tert-OH is 1. The summed E-state index contributed by atoms with van der Waals surface area (Å²) in [5, 5.41) is 17.5. The van der Waals surface area contributed by atoms with Crippen LogP contribution in [-0.2, 0) is 63.8 Å². The van der Waals surface area contributed by atoms with E-state index in [0.29, 0.717) is 0 Å². The molecule has 1 aromatic rings. The highest BCUT2D eigenvalue weighted by molar-refractivity contribution is 5.99. The number of anilines is 1. The maximum absolute atomic E-state index is 13.3. The monoisotopic (exact) mass is 725 g/mol. The predicted octanol–water partition coefficient (Wildman–Crippen LogP) is 1.24. The summed E-state index contributed by atoms with van der Waals surface area (Å²) < 4.78 is 37.9. The van der Waals surface area contributed by atoms with Crippen molar-refractivity contribution in [2.45, 2.75) is 117 Å². The molecule has 0 saturated carbocycles. The molecule has 3 amide bonds. The number of benzene rings is 1. The Morgan fingerprint density at radius 3 is 1.92 bits per heavy atom.